The van der Waals surface area contributed by atoms with E-state index in [4.69, 9.17) is 11.6 Å². The van der Waals surface area contributed by atoms with E-state index < -0.39 is 15.8 Å². The highest BCUT2D eigenvalue weighted by molar-refractivity contribution is 7.92. The number of hydrogen-bond acceptors (Lipinski definition) is 6. The van der Waals surface area contributed by atoms with Gasteiger partial charge < -0.3 is 10.3 Å². The summed E-state index contributed by atoms with van der Waals surface area (Å²) >= 11 is 6.49. The quantitative estimate of drug-likeness (QED) is 0.477. The molecule has 164 valence electrons. The van der Waals surface area contributed by atoms with E-state index in [0.717, 1.165) is 31.0 Å². The van der Waals surface area contributed by atoms with Gasteiger partial charge in [-0.2, -0.15) is 0 Å². The molecule has 3 N–H and O–H groups in total. The van der Waals surface area contributed by atoms with Crippen LogP contribution < -0.4 is 10.0 Å². The molecule has 1 aliphatic carbocycles. The van der Waals surface area contributed by atoms with Crippen molar-refractivity contribution in [1.29, 1.82) is 0 Å². The van der Waals surface area contributed by atoms with Crippen LogP contribution in [0.5, 0.6) is 0 Å². The van der Waals surface area contributed by atoms with Crippen LogP contribution in [0.15, 0.2) is 24.4 Å². The maximum atomic E-state index is 14.4. The molecule has 0 saturated heterocycles. The van der Waals surface area contributed by atoms with E-state index >= 15 is 0 Å². The lowest BCUT2D eigenvalue weighted by molar-refractivity contribution is 0.606. The van der Waals surface area contributed by atoms with Crippen molar-refractivity contribution in [3.8, 4) is 22.6 Å². The Morgan fingerprint density at radius 2 is 2.00 bits per heavy atom. The second-order valence-corrected chi connectivity index (χ2v) is 10.00. The molecule has 0 unspecified atom stereocenters. The van der Waals surface area contributed by atoms with Gasteiger partial charge in [0.25, 0.3) is 0 Å². The number of aromatic nitrogens is 4. The Balaban J connectivity index is 1.87. The molecular weight excluding hydrogens is 443 g/mol. The molecule has 0 radical (unpaired) electrons. The Bertz CT molecular complexity index is 1240. The molecule has 1 saturated carbocycles. The molecular formula is C20H22ClFN6O2S. The van der Waals surface area contributed by atoms with Crippen LogP contribution in [0.25, 0.3) is 22.6 Å². The molecule has 8 nitrogen and oxygen atoms in total. The lowest BCUT2D eigenvalue weighted by atomic mass is 10.1. The summed E-state index contributed by atoms with van der Waals surface area (Å²) in [6.45, 7) is 3.96. The van der Waals surface area contributed by atoms with Gasteiger partial charge in [-0.15, -0.1) is 0 Å². The zero-order chi connectivity index (χ0) is 22.3. The molecule has 1 aliphatic rings. The molecule has 0 atom stereocenters. The number of sulfonamides is 1. The van der Waals surface area contributed by atoms with Gasteiger partial charge in [0.1, 0.15) is 11.6 Å². The van der Waals surface area contributed by atoms with Crippen molar-refractivity contribution >= 4 is 33.3 Å². The second kappa shape index (κ2) is 8.08. The van der Waals surface area contributed by atoms with Gasteiger partial charge in [0.2, 0.25) is 16.0 Å². The fourth-order valence-corrected chi connectivity index (χ4v) is 4.05. The number of imidazole rings is 1. The van der Waals surface area contributed by atoms with Gasteiger partial charge in [-0.25, -0.2) is 27.8 Å². The first-order chi connectivity index (χ1) is 14.6. The molecule has 4 rings (SSSR count). The molecule has 11 heteroatoms. The summed E-state index contributed by atoms with van der Waals surface area (Å²) in [5, 5.41) is 3.20. The monoisotopic (exact) mass is 464 g/mol. The fraction of sp³-hybridized carbons (Fsp3) is 0.350. The highest BCUT2D eigenvalue weighted by Gasteiger charge is 2.30. The molecule has 0 amide bonds. The van der Waals surface area contributed by atoms with Crippen LogP contribution in [0, 0.1) is 5.82 Å². The van der Waals surface area contributed by atoms with Gasteiger partial charge in [-0.3, -0.25) is 4.72 Å². The van der Waals surface area contributed by atoms with Gasteiger partial charge in [0, 0.05) is 23.7 Å². The van der Waals surface area contributed by atoms with E-state index in [0.29, 0.717) is 28.9 Å². The lowest BCUT2D eigenvalue weighted by Crippen LogP contribution is -2.12. The molecule has 0 spiro atoms. The highest BCUT2D eigenvalue weighted by atomic mass is 35.5. The van der Waals surface area contributed by atoms with Crippen molar-refractivity contribution in [2.75, 3.05) is 16.3 Å². The molecule has 1 aromatic carbocycles. The maximum absolute atomic E-state index is 14.4. The predicted molar refractivity (Wildman–Crippen MR) is 119 cm³/mol. The van der Waals surface area contributed by atoms with Crippen LogP contribution in [-0.4, -0.2) is 40.7 Å². The van der Waals surface area contributed by atoms with Crippen LogP contribution in [0.3, 0.4) is 0 Å². The summed E-state index contributed by atoms with van der Waals surface area (Å²) < 4.78 is 40.1. The average molecular weight is 465 g/mol. The number of benzene rings is 1. The summed E-state index contributed by atoms with van der Waals surface area (Å²) in [6.07, 6.45) is 4.61. The minimum Gasteiger partial charge on any atom is -0.352 e. The van der Waals surface area contributed by atoms with Crippen molar-refractivity contribution in [2.24, 2.45) is 0 Å². The van der Waals surface area contributed by atoms with E-state index in [-0.39, 0.29) is 22.3 Å². The Morgan fingerprint density at radius 3 is 2.65 bits per heavy atom. The number of H-pyrrole nitrogens is 1. The molecule has 2 aromatic heterocycles. The zero-order valence-electron chi connectivity index (χ0n) is 17.2. The predicted octanol–water partition coefficient (Wildman–Crippen LogP) is 4.40. The topological polar surface area (TPSA) is 113 Å². The SMILES string of the molecule is CC(C)Nc1nccc(-c2[nH]c(C3CC3)nc2-c2cc(F)cc(NS(C)(=O)=O)c2Cl)n1. The Morgan fingerprint density at radius 1 is 1.26 bits per heavy atom. The summed E-state index contributed by atoms with van der Waals surface area (Å²) in [5.74, 6) is 0.867. The molecule has 31 heavy (non-hydrogen) atoms. The Kier molecular flexibility index (Phi) is 5.61. The van der Waals surface area contributed by atoms with E-state index in [2.05, 4.69) is 30.0 Å². The smallest absolute Gasteiger partial charge is 0.229 e. The Labute approximate surface area is 184 Å². The van der Waals surface area contributed by atoms with Gasteiger partial charge >= 0.3 is 0 Å². The van der Waals surface area contributed by atoms with E-state index in [9.17, 15) is 12.8 Å². The van der Waals surface area contributed by atoms with Crippen molar-refractivity contribution in [2.45, 2.75) is 38.6 Å². The van der Waals surface area contributed by atoms with Crippen LogP contribution in [-0.2, 0) is 10.0 Å². The number of aromatic amines is 1. The number of hydrogen-bond donors (Lipinski definition) is 3. The van der Waals surface area contributed by atoms with Crippen LogP contribution >= 0.6 is 11.6 Å². The van der Waals surface area contributed by atoms with Crippen molar-refractivity contribution in [3.05, 3.63) is 41.1 Å². The third-order valence-electron chi connectivity index (χ3n) is 4.60. The van der Waals surface area contributed by atoms with E-state index in [1.165, 1.54) is 6.07 Å². The van der Waals surface area contributed by atoms with Crippen LogP contribution in [0.1, 0.15) is 38.4 Å². The standard InChI is InChI=1S/C20H22ClFN6O2S/c1-10(2)24-20-23-7-6-14(25-20)18-17(26-19(27-18)11-4-5-11)13-8-12(22)9-15(16(13)21)28-31(3,29)30/h6-11,28H,4-5H2,1-3H3,(H,26,27)(H,23,24,25). The summed E-state index contributed by atoms with van der Waals surface area (Å²) in [7, 11) is -3.65. The normalized spacial score (nSPS) is 14.1. The molecule has 0 aliphatic heterocycles. The number of anilines is 2. The second-order valence-electron chi connectivity index (χ2n) is 7.87. The summed E-state index contributed by atoms with van der Waals surface area (Å²) in [6, 6.07) is 4.14. The van der Waals surface area contributed by atoms with Gasteiger partial charge in [-0.1, -0.05) is 11.6 Å². The number of halogens is 2. The highest BCUT2D eigenvalue weighted by Crippen LogP contribution is 2.43. The summed E-state index contributed by atoms with van der Waals surface area (Å²) in [4.78, 5) is 16.8. The molecule has 0 bridgehead atoms. The van der Waals surface area contributed by atoms with Gasteiger partial charge in [0.15, 0.2) is 0 Å². The average Bonchev–Trinajstić information content (AvgIpc) is 3.42. The zero-order valence-corrected chi connectivity index (χ0v) is 18.8. The third kappa shape index (κ3) is 4.96. The fourth-order valence-electron chi connectivity index (χ4n) is 3.18. The van der Waals surface area contributed by atoms with Gasteiger partial charge in [0.05, 0.1) is 34.0 Å². The van der Waals surface area contributed by atoms with Gasteiger partial charge in [-0.05, 0) is 44.9 Å². The Hall–Kier alpha value is -2.72. The number of nitrogens with one attached hydrogen (secondary N) is 3. The first-order valence-electron chi connectivity index (χ1n) is 9.78. The van der Waals surface area contributed by atoms with Crippen LogP contribution in [0.2, 0.25) is 5.02 Å². The first-order valence-corrected chi connectivity index (χ1v) is 12.0. The first kappa shape index (κ1) is 21.5. The van der Waals surface area contributed by atoms with Crippen molar-refractivity contribution in [3.63, 3.8) is 0 Å². The number of rotatable bonds is 7. The van der Waals surface area contributed by atoms with E-state index in [1.807, 2.05) is 13.8 Å². The van der Waals surface area contributed by atoms with Crippen molar-refractivity contribution in [1.82, 2.24) is 19.9 Å². The minimum atomic E-state index is -3.65. The third-order valence-corrected chi connectivity index (χ3v) is 5.60. The largest absolute Gasteiger partial charge is 0.352 e. The molecule has 3 aromatic rings. The van der Waals surface area contributed by atoms with Crippen molar-refractivity contribution < 1.29 is 12.8 Å². The summed E-state index contributed by atoms with van der Waals surface area (Å²) in [5.41, 5.74) is 1.74. The van der Waals surface area contributed by atoms with E-state index in [1.54, 1.807) is 12.3 Å². The molecule has 1 fully saturated rings. The lowest BCUT2D eigenvalue weighted by Gasteiger charge is -2.12. The molecule has 2 heterocycles. The van der Waals surface area contributed by atoms with Crippen LogP contribution in [0.4, 0.5) is 16.0 Å². The number of nitrogens with zero attached hydrogens (tertiary/aromatic N) is 3. The minimum absolute atomic E-state index is 0.0501. The maximum Gasteiger partial charge on any atom is 0.229 e.